The Morgan fingerprint density at radius 2 is 2.00 bits per heavy atom. The van der Waals surface area contributed by atoms with Crippen molar-refractivity contribution in [3.8, 4) is 5.88 Å². The third kappa shape index (κ3) is 3.47. The molecule has 1 amide bonds. The number of ether oxygens (including phenoxy) is 1. The van der Waals surface area contributed by atoms with Crippen LogP contribution in [0.4, 0.5) is 0 Å². The molecule has 0 saturated carbocycles. The molecular weight excluding hydrogens is 310 g/mol. The maximum absolute atomic E-state index is 12.8. The molecule has 23 heavy (non-hydrogen) atoms. The van der Waals surface area contributed by atoms with Gasteiger partial charge in [0.05, 0.1) is 13.2 Å². The maximum Gasteiger partial charge on any atom is 0.274 e. The lowest BCUT2D eigenvalue weighted by Gasteiger charge is -2.35. The van der Waals surface area contributed by atoms with E-state index in [2.05, 4.69) is 41.4 Å². The predicted molar refractivity (Wildman–Crippen MR) is 90.9 cm³/mol. The molecule has 2 heterocycles. The molecule has 1 saturated heterocycles. The number of hydrogen-bond acceptors (Lipinski definition) is 5. The van der Waals surface area contributed by atoms with Crippen molar-refractivity contribution < 1.29 is 9.53 Å². The summed E-state index contributed by atoms with van der Waals surface area (Å²) >= 11 is 1.87. The smallest absolute Gasteiger partial charge is 0.274 e. The van der Waals surface area contributed by atoms with Gasteiger partial charge in [0.2, 0.25) is 5.88 Å². The summed E-state index contributed by atoms with van der Waals surface area (Å²) in [5.41, 5.74) is 2.74. The molecule has 0 radical (unpaired) electrons. The van der Waals surface area contributed by atoms with Gasteiger partial charge in [0, 0.05) is 24.1 Å². The van der Waals surface area contributed by atoms with Gasteiger partial charge in [-0.2, -0.15) is 11.8 Å². The van der Waals surface area contributed by atoms with Crippen LogP contribution in [0.1, 0.15) is 27.7 Å². The van der Waals surface area contributed by atoms with Crippen molar-refractivity contribution in [1.82, 2.24) is 15.1 Å². The van der Waals surface area contributed by atoms with E-state index in [1.165, 1.54) is 12.7 Å². The number of thioether (sulfide) groups is 1. The standard InChI is InChI=1S/C17H19N3O2S/c1-12-3-5-13(6-4-12)15-11-23-10-9-20(15)17(21)14-7-8-16(22-2)19-18-14/h3-8,15H,9-11H2,1-2H3. The van der Waals surface area contributed by atoms with Crippen molar-refractivity contribution in [2.24, 2.45) is 0 Å². The SMILES string of the molecule is COc1ccc(C(=O)N2CCSCC2c2ccc(C)cc2)nn1. The summed E-state index contributed by atoms with van der Waals surface area (Å²) < 4.78 is 4.99. The fourth-order valence-corrected chi connectivity index (χ4v) is 3.69. The number of hydrogen-bond donors (Lipinski definition) is 0. The van der Waals surface area contributed by atoms with Gasteiger partial charge in [0.15, 0.2) is 5.69 Å². The Morgan fingerprint density at radius 1 is 1.22 bits per heavy atom. The lowest BCUT2D eigenvalue weighted by atomic mass is 10.0. The van der Waals surface area contributed by atoms with Crippen LogP contribution in [0.25, 0.3) is 0 Å². The number of aromatic nitrogens is 2. The Balaban J connectivity index is 1.85. The Bertz CT molecular complexity index is 673. The van der Waals surface area contributed by atoms with Crippen LogP contribution >= 0.6 is 11.8 Å². The van der Waals surface area contributed by atoms with Gasteiger partial charge in [-0.1, -0.05) is 29.8 Å². The highest BCUT2D eigenvalue weighted by Crippen LogP contribution is 2.30. The van der Waals surface area contributed by atoms with Crippen LogP contribution in [0.5, 0.6) is 5.88 Å². The van der Waals surface area contributed by atoms with Crippen molar-refractivity contribution >= 4 is 17.7 Å². The van der Waals surface area contributed by atoms with E-state index in [9.17, 15) is 4.79 Å². The van der Waals surface area contributed by atoms with Crippen LogP contribution in [0.15, 0.2) is 36.4 Å². The van der Waals surface area contributed by atoms with E-state index >= 15 is 0 Å². The molecule has 1 aromatic heterocycles. The van der Waals surface area contributed by atoms with Crippen molar-refractivity contribution in [2.45, 2.75) is 13.0 Å². The summed E-state index contributed by atoms with van der Waals surface area (Å²) in [4.78, 5) is 14.7. The molecule has 5 nitrogen and oxygen atoms in total. The van der Waals surface area contributed by atoms with Gasteiger partial charge in [-0.3, -0.25) is 4.79 Å². The molecule has 1 unspecified atom stereocenters. The van der Waals surface area contributed by atoms with Gasteiger partial charge in [-0.25, -0.2) is 0 Å². The molecule has 0 bridgehead atoms. The van der Waals surface area contributed by atoms with Gasteiger partial charge in [-0.05, 0) is 18.6 Å². The fraction of sp³-hybridized carbons (Fsp3) is 0.353. The minimum absolute atomic E-state index is 0.0748. The highest BCUT2D eigenvalue weighted by atomic mass is 32.2. The van der Waals surface area contributed by atoms with Crippen molar-refractivity contribution in [1.29, 1.82) is 0 Å². The highest BCUT2D eigenvalue weighted by molar-refractivity contribution is 7.99. The van der Waals surface area contributed by atoms with E-state index in [-0.39, 0.29) is 11.9 Å². The average Bonchev–Trinajstić information content (AvgIpc) is 2.62. The minimum atomic E-state index is -0.0778. The van der Waals surface area contributed by atoms with Gasteiger partial charge >= 0.3 is 0 Å². The van der Waals surface area contributed by atoms with Crippen LogP contribution in [-0.2, 0) is 0 Å². The number of amides is 1. The number of carbonyl (C=O) groups excluding carboxylic acids is 1. The molecule has 0 N–H and O–H groups in total. The van der Waals surface area contributed by atoms with E-state index in [1.54, 1.807) is 12.1 Å². The largest absolute Gasteiger partial charge is 0.480 e. The number of aryl methyl sites for hydroxylation is 1. The minimum Gasteiger partial charge on any atom is -0.480 e. The third-order valence-corrected chi connectivity index (χ3v) is 4.94. The van der Waals surface area contributed by atoms with Crippen molar-refractivity contribution in [3.05, 3.63) is 53.2 Å². The Hall–Kier alpha value is -2.08. The van der Waals surface area contributed by atoms with Gasteiger partial charge in [-0.15, -0.1) is 10.2 Å². The number of carbonyl (C=O) groups is 1. The molecule has 2 aromatic rings. The first-order valence-electron chi connectivity index (χ1n) is 7.52. The number of benzene rings is 1. The summed E-state index contributed by atoms with van der Waals surface area (Å²) in [7, 11) is 1.53. The summed E-state index contributed by atoms with van der Waals surface area (Å²) in [5.74, 6) is 2.17. The molecule has 1 aliphatic heterocycles. The first-order chi connectivity index (χ1) is 11.2. The third-order valence-electron chi connectivity index (χ3n) is 3.92. The first-order valence-corrected chi connectivity index (χ1v) is 8.67. The fourth-order valence-electron chi connectivity index (χ4n) is 2.60. The summed E-state index contributed by atoms with van der Waals surface area (Å²) in [6.07, 6.45) is 0. The van der Waals surface area contributed by atoms with Crippen LogP contribution in [0.3, 0.4) is 0 Å². The number of nitrogens with zero attached hydrogens (tertiary/aromatic N) is 3. The van der Waals surface area contributed by atoms with E-state index in [0.717, 1.165) is 23.6 Å². The zero-order valence-electron chi connectivity index (χ0n) is 13.2. The van der Waals surface area contributed by atoms with Crippen LogP contribution < -0.4 is 4.74 Å². The molecular formula is C17H19N3O2S. The summed E-state index contributed by atoms with van der Waals surface area (Å²) in [5, 5.41) is 7.89. The molecule has 6 heteroatoms. The van der Waals surface area contributed by atoms with Gasteiger partial charge in [0.25, 0.3) is 5.91 Å². The summed E-state index contributed by atoms with van der Waals surface area (Å²) in [6, 6.07) is 11.8. The lowest BCUT2D eigenvalue weighted by molar-refractivity contribution is 0.0694. The normalized spacial score (nSPS) is 17.8. The molecule has 1 aliphatic rings. The molecule has 3 rings (SSSR count). The molecule has 0 aliphatic carbocycles. The van der Waals surface area contributed by atoms with E-state index in [4.69, 9.17) is 4.74 Å². The monoisotopic (exact) mass is 329 g/mol. The van der Waals surface area contributed by atoms with Crippen molar-refractivity contribution in [2.75, 3.05) is 25.2 Å². The van der Waals surface area contributed by atoms with Crippen LogP contribution in [-0.4, -0.2) is 46.2 Å². The van der Waals surface area contributed by atoms with Crippen LogP contribution in [0, 0.1) is 6.92 Å². The van der Waals surface area contributed by atoms with E-state index in [0.29, 0.717) is 11.6 Å². The molecule has 1 fully saturated rings. The quantitative estimate of drug-likeness (QED) is 0.866. The molecule has 1 aromatic carbocycles. The lowest BCUT2D eigenvalue weighted by Crippen LogP contribution is -2.41. The summed E-state index contributed by atoms with van der Waals surface area (Å²) in [6.45, 7) is 2.78. The highest BCUT2D eigenvalue weighted by Gasteiger charge is 2.29. The maximum atomic E-state index is 12.8. The zero-order chi connectivity index (χ0) is 16.2. The molecule has 1 atom stereocenters. The van der Waals surface area contributed by atoms with E-state index < -0.39 is 0 Å². The Labute approximate surface area is 140 Å². The number of rotatable bonds is 3. The first kappa shape index (κ1) is 15.8. The van der Waals surface area contributed by atoms with E-state index in [1.807, 2.05) is 16.7 Å². The molecule has 0 spiro atoms. The zero-order valence-corrected chi connectivity index (χ0v) is 14.0. The second kappa shape index (κ2) is 7.00. The van der Waals surface area contributed by atoms with Crippen LogP contribution in [0.2, 0.25) is 0 Å². The van der Waals surface area contributed by atoms with Gasteiger partial charge < -0.3 is 9.64 Å². The second-order valence-corrected chi connectivity index (χ2v) is 6.61. The van der Waals surface area contributed by atoms with Gasteiger partial charge in [0.1, 0.15) is 0 Å². The Morgan fingerprint density at radius 3 is 2.65 bits per heavy atom. The van der Waals surface area contributed by atoms with Crippen molar-refractivity contribution in [3.63, 3.8) is 0 Å². The number of methoxy groups -OCH3 is 1. The molecule has 120 valence electrons. The topological polar surface area (TPSA) is 55.3 Å². The Kier molecular flexibility index (Phi) is 4.81. The second-order valence-electron chi connectivity index (χ2n) is 5.46. The average molecular weight is 329 g/mol. The predicted octanol–water partition coefficient (Wildman–Crippen LogP) is 2.72.